The Kier molecular flexibility index (Phi) is 4.30. The first-order chi connectivity index (χ1) is 7.84. The number of aromatic nitrogens is 1. The van der Waals surface area contributed by atoms with Crippen molar-refractivity contribution in [3.63, 3.8) is 0 Å². The summed E-state index contributed by atoms with van der Waals surface area (Å²) in [4.78, 5) is 15.8. The Morgan fingerprint density at radius 1 is 1.69 bits per heavy atom. The zero-order chi connectivity index (χ0) is 11.2. The SMILES string of the molecule is O=C(CCc1cscn1)NC1CCCNC1. The molecule has 0 spiro atoms. The van der Waals surface area contributed by atoms with E-state index in [2.05, 4.69) is 15.6 Å². The predicted molar refractivity (Wildman–Crippen MR) is 64.5 cm³/mol. The van der Waals surface area contributed by atoms with Crippen molar-refractivity contribution in [2.24, 2.45) is 0 Å². The number of amides is 1. The molecule has 1 aliphatic heterocycles. The van der Waals surface area contributed by atoms with Gasteiger partial charge in [-0.2, -0.15) is 0 Å². The number of carbonyl (C=O) groups is 1. The van der Waals surface area contributed by atoms with Gasteiger partial charge in [0.15, 0.2) is 0 Å². The van der Waals surface area contributed by atoms with E-state index >= 15 is 0 Å². The van der Waals surface area contributed by atoms with Gasteiger partial charge in [0.2, 0.25) is 5.91 Å². The van der Waals surface area contributed by atoms with Crippen LogP contribution in [0.5, 0.6) is 0 Å². The van der Waals surface area contributed by atoms with Crippen molar-refractivity contribution in [2.75, 3.05) is 13.1 Å². The number of nitrogens with one attached hydrogen (secondary N) is 2. The van der Waals surface area contributed by atoms with Gasteiger partial charge in [-0.25, -0.2) is 4.98 Å². The topological polar surface area (TPSA) is 54.0 Å². The largest absolute Gasteiger partial charge is 0.352 e. The lowest BCUT2D eigenvalue weighted by molar-refractivity contribution is -0.121. The van der Waals surface area contributed by atoms with Crippen LogP contribution in [0.15, 0.2) is 10.9 Å². The van der Waals surface area contributed by atoms with Crippen molar-refractivity contribution < 1.29 is 4.79 Å². The van der Waals surface area contributed by atoms with E-state index < -0.39 is 0 Å². The number of nitrogens with zero attached hydrogens (tertiary/aromatic N) is 1. The van der Waals surface area contributed by atoms with Gasteiger partial charge in [-0.15, -0.1) is 11.3 Å². The summed E-state index contributed by atoms with van der Waals surface area (Å²) in [5, 5.41) is 8.34. The van der Waals surface area contributed by atoms with E-state index in [0.717, 1.165) is 38.0 Å². The van der Waals surface area contributed by atoms with Crippen molar-refractivity contribution in [2.45, 2.75) is 31.7 Å². The third-order valence-corrected chi connectivity index (χ3v) is 3.39. The number of hydrogen-bond donors (Lipinski definition) is 2. The maximum Gasteiger partial charge on any atom is 0.220 e. The summed E-state index contributed by atoms with van der Waals surface area (Å²) in [6.07, 6.45) is 3.53. The molecule has 88 valence electrons. The molecule has 1 amide bonds. The number of hydrogen-bond acceptors (Lipinski definition) is 4. The van der Waals surface area contributed by atoms with Gasteiger partial charge in [-0.05, 0) is 25.8 Å². The second kappa shape index (κ2) is 5.96. The molecule has 2 rings (SSSR count). The van der Waals surface area contributed by atoms with Crippen LogP contribution < -0.4 is 10.6 Å². The number of aryl methyl sites for hydroxylation is 1. The summed E-state index contributed by atoms with van der Waals surface area (Å²) in [5.41, 5.74) is 2.82. The third kappa shape index (κ3) is 3.57. The zero-order valence-electron chi connectivity index (χ0n) is 9.24. The molecule has 1 unspecified atom stereocenters. The molecule has 0 bridgehead atoms. The fraction of sp³-hybridized carbons (Fsp3) is 0.636. The summed E-state index contributed by atoms with van der Waals surface area (Å²) in [7, 11) is 0. The van der Waals surface area contributed by atoms with Crippen LogP contribution in [-0.4, -0.2) is 30.0 Å². The number of carbonyl (C=O) groups excluding carboxylic acids is 1. The molecule has 0 aromatic carbocycles. The Hall–Kier alpha value is -0.940. The minimum atomic E-state index is 0.140. The molecule has 5 heteroatoms. The maximum atomic E-state index is 11.6. The molecular formula is C11H17N3OS. The van der Waals surface area contributed by atoms with Crippen LogP contribution in [-0.2, 0) is 11.2 Å². The Balaban J connectivity index is 1.67. The van der Waals surface area contributed by atoms with Gasteiger partial charge in [0, 0.05) is 24.4 Å². The van der Waals surface area contributed by atoms with E-state index in [9.17, 15) is 4.79 Å². The minimum absolute atomic E-state index is 0.140. The Labute approximate surface area is 99.5 Å². The van der Waals surface area contributed by atoms with Crippen LogP contribution in [0.4, 0.5) is 0 Å². The summed E-state index contributed by atoms with van der Waals surface area (Å²) in [6.45, 7) is 1.98. The van der Waals surface area contributed by atoms with E-state index in [1.165, 1.54) is 0 Å². The van der Waals surface area contributed by atoms with Crippen molar-refractivity contribution in [1.29, 1.82) is 0 Å². The minimum Gasteiger partial charge on any atom is -0.352 e. The quantitative estimate of drug-likeness (QED) is 0.822. The molecule has 2 heterocycles. The summed E-state index contributed by atoms with van der Waals surface area (Å²) in [5.74, 6) is 0.140. The molecule has 1 aliphatic rings. The third-order valence-electron chi connectivity index (χ3n) is 2.75. The lowest BCUT2D eigenvalue weighted by atomic mass is 10.1. The molecule has 4 nitrogen and oxygen atoms in total. The second-order valence-corrected chi connectivity index (χ2v) is 4.81. The molecule has 1 atom stereocenters. The first kappa shape index (κ1) is 11.5. The number of rotatable bonds is 4. The van der Waals surface area contributed by atoms with Gasteiger partial charge in [0.1, 0.15) is 0 Å². The lowest BCUT2D eigenvalue weighted by Crippen LogP contribution is -2.45. The lowest BCUT2D eigenvalue weighted by Gasteiger charge is -2.23. The van der Waals surface area contributed by atoms with Crippen LogP contribution in [0.1, 0.15) is 25.0 Å². The van der Waals surface area contributed by atoms with E-state index in [-0.39, 0.29) is 5.91 Å². The molecule has 1 aromatic heterocycles. The number of piperidine rings is 1. The van der Waals surface area contributed by atoms with Gasteiger partial charge >= 0.3 is 0 Å². The predicted octanol–water partition coefficient (Wildman–Crippen LogP) is 0.944. The van der Waals surface area contributed by atoms with E-state index in [1.54, 1.807) is 16.8 Å². The smallest absolute Gasteiger partial charge is 0.220 e. The molecular weight excluding hydrogens is 222 g/mol. The van der Waals surface area contributed by atoms with Gasteiger partial charge in [0.25, 0.3) is 0 Å². The van der Waals surface area contributed by atoms with Gasteiger partial charge in [-0.1, -0.05) is 0 Å². The molecule has 1 fully saturated rings. The molecule has 1 aromatic rings. The van der Waals surface area contributed by atoms with E-state index in [0.29, 0.717) is 12.5 Å². The molecule has 0 radical (unpaired) electrons. The Bertz CT molecular complexity index is 320. The fourth-order valence-electron chi connectivity index (χ4n) is 1.88. The monoisotopic (exact) mass is 239 g/mol. The first-order valence-corrected chi connectivity index (χ1v) is 6.66. The van der Waals surface area contributed by atoms with Crippen molar-refractivity contribution in [1.82, 2.24) is 15.6 Å². The summed E-state index contributed by atoms with van der Waals surface area (Å²) in [6, 6.07) is 0.316. The highest BCUT2D eigenvalue weighted by Crippen LogP contribution is 2.05. The molecule has 1 saturated heterocycles. The average Bonchev–Trinajstić information content (AvgIpc) is 2.81. The van der Waals surface area contributed by atoms with Crippen LogP contribution in [0.25, 0.3) is 0 Å². The van der Waals surface area contributed by atoms with Crippen LogP contribution in [0, 0.1) is 0 Å². The maximum absolute atomic E-state index is 11.6. The molecule has 2 N–H and O–H groups in total. The van der Waals surface area contributed by atoms with Crippen molar-refractivity contribution >= 4 is 17.2 Å². The highest BCUT2D eigenvalue weighted by Gasteiger charge is 2.14. The normalized spacial score (nSPS) is 20.6. The van der Waals surface area contributed by atoms with E-state index in [1.807, 2.05) is 5.38 Å². The van der Waals surface area contributed by atoms with Crippen LogP contribution in [0.3, 0.4) is 0 Å². The van der Waals surface area contributed by atoms with Crippen molar-refractivity contribution in [3.05, 3.63) is 16.6 Å². The molecule has 0 saturated carbocycles. The van der Waals surface area contributed by atoms with E-state index in [4.69, 9.17) is 0 Å². The highest BCUT2D eigenvalue weighted by molar-refractivity contribution is 7.07. The zero-order valence-corrected chi connectivity index (χ0v) is 10.1. The standard InChI is InChI=1S/C11H17N3OS/c15-11(4-3-10-7-16-8-13-10)14-9-2-1-5-12-6-9/h7-9,12H,1-6H2,(H,14,15). The van der Waals surface area contributed by atoms with Crippen molar-refractivity contribution in [3.8, 4) is 0 Å². The van der Waals surface area contributed by atoms with Crippen LogP contribution >= 0.6 is 11.3 Å². The van der Waals surface area contributed by atoms with Gasteiger partial charge < -0.3 is 10.6 Å². The first-order valence-electron chi connectivity index (χ1n) is 5.72. The highest BCUT2D eigenvalue weighted by atomic mass is 32.1. The fourth-order valence-corrected chi connectivity index (χ4v) is 2.47. The van der Waals surface area contributed by atoms with Crippen LogP contribution in [0.2, 0.25) is 0 Å². The molecule has 16 heavy (non-hydrogen) atoms. The Morgan fingerprint density at radius 2 is 2.62 bits per heavy atom. The van der Waals surface area contributed by atoms with Gasteiger partial charge in [0.05, 0.1) is 11.2 Å². The van der Waals surface area contributed by atoms with Gasteiger partial charge in [-0.3, -0.25) is 4.79 Å². The molecule has 0 aliphatic carbocycles. The second-order valence-electron chi connectivity index (χ2n) is 4.09. The Morgan fingerprint density at radius 3 is 3.31 bits per heavy atom. The number of thiazole rings is 1. The summed E-state index contributed by atoms with van der Waals surface area (Å²) >= 11 is 1.57. The average molecular weight is 239 g/mol. The summed E-state index contributed by atoms with van der Waals surface area (Å²) < 4.78 is 0.